The number of likely N-dealkylation sites (tertiary alicyclic amines) is 1. The van der Waals surface area contributed by atoms with Gasteiger partial charge in [0.1, 0.15) is 34.5 Å². The van der Waals surface area contributed by atoms with Crippen molar-refractivity contribution in [1.29, 1.82) is 0 Å². The number of aromatic nitrogens is 2. The highest BCUT2D eigenvalue weighted by molar-refractivity contribution is 6.03. The predicted molar refractivity (Wildman–Crippen MR) is 160 cm³/mol. The first-order valence-electron chi connectivity index (χ1n) is 14.1. The van der Waals surface area contributed by atoms with E-state index in [0.717, 1.165) is 23.3 Å². The van der Waals surface area contributed by atoms with Crippen molar-refractivity contribution in [3.05, 3.63) is 94.7 Å². The number of nitrogens with one attached hydrogen (secondary N) is 1. The van der Waals surface area contributed by atoms with Gasteiger partial charge in [0.15, 0.2) is 5.82 Å². The van der Waals surface area contributed by atoms with E-state index in [9.17, 15) is 18.4 Å². The number of amides is 2. The number of carbonyl (C=O) groups excluding carboxylic acids is 2. The second-order valence-electron chi connectivity index (χ2n) is 11.2. The predicted octanol–water partition coefficient (Wildman–Crippen LogP) is 5.46. The molecule has 0 saturated carbocycles. The first kappa shape index (κ1) is 29.0. The van der Waals surface area contributed by atoms with Crippen molar-refractivity contribution >= 4 is 23.3 Å². The molecule has 0 bridgehead atoms. The molecule has 4 aromatic rings. The monoisotopic (exact) mass is 599 g/mol. The normalized spacial score (nSPS) is 17.7. The molecular weight excluding hydrogens is 568 g/mol. The number of anilines is 2. The molecule has 11 heteroatoms. The van der Waals surface area contributed by atoms with Gasteiger partial charge in [-0.05, 0) is 55.3 Å². The number of ether oxygens (including phenoxy) is 2. The summed E-state index contributed by atoms with van der Waals surface area (Å²) in [6.45, 7) is 2.90. The number of fused-ring (bicyclic) bond motifs is 1. The fourth-order valence-corrected chi connectivity index (χ4v) is 5.83. The van der Waals surface area contributed by atoms with Gasteiger partial charge in [0.25, 0.3) is 5.91 Å². The van der Waals surface area contributed by atoms with Crippen molar-refractivity contribution in [2.45, 2.75) is 31.8 Å². The first-order chi connectivity index (χ1) is 21.1. The molecule has 1 saturated heterocycles. The van der Waals surface area contributed by atoms with Crippen LogP contribution in [-0.4, -0.2) is 59.4 Å². The topological polar surface area (TPSA) is 96.9 Å². The van der Waals surface area contributed by atoms with Crippen LogP contribution in [0.1, 0.15) is 40.5 Å². The molecule has 1 atom stereocenters. The largest absolute Gasteiger partial charge is 0.497 e. The van der Waals surface area contributed by atoms with Crippen LogP contribution in [0.15, 0.2) is 60.7 Å². The molecule has 2 aliphatic rings. The third-order valence-electron chi connectivity index (χ3n) is 8.42. The Bertz CT molecular complexity index is 1760. The van der Waals surface area contributed by atoms with Crippen LogP contribution in [0.3, 0.4) is 0 Å². The fourth-order valence-electron chi connectivity index (χ4n) is 5.83. The SMILES string of the molecule is COc1ccc(CN2Cc3nc(-c4c(F)cccc4F)nc(Nc4ccc([C@]5(C)CCN(C)C5=O)cc4)c3C2=O)c(OC)c1. The molecule has 44 heavy (non-hydrogen) atoms. The molecule has 3 heterocycles. The van der Waals surface area contributed by atoms with Gasteiger partial charge in [-0.25, -0.2) is 18.7 Å². The highest BCUT2D eigenvalue weighted by atomic mass is 19.1. The Morgan fingerprint density at radius 3 is 2.32 bits per heavy atom. The molecule has 0 aliphatic carbocycles. The lowest BCUT2D eigenvalue weighted by Crippen LogP contribution is -2.33. The fraction of sp³-hybridized carbons (Fsp3) is 0.273. The first-order valence-corrected chi connectivity index (χ1v) is 14.1. The summed E-state index contributed by atoms with van der Waals surface area (Å²) in [5, 5.41) is 3.18. The second kappa shape index (κ2) is 11.2. The summed E-state index contributed by atoms with van der Waals surface area (Å²) >= 11 is 0. The van der Waals surface area contributed by atoms with Crippen LogP contribution in [0.25, 0.3) is 11.4 Å². The van der Waals surface area contributed by atoms with Crippen LogP contribution in [0, 0.1) is 11.6 Å². The molecule has 6 rings (SSSR count). The van der Waals surface area contributed by atoms with E-state index in [-0.39, 0.29) is 47.7 Å². The quantitative estimate of drug-likeness (QED) is 0.287. The highest BCUT2D eigenvalue weighted by Crippen LogP contribution is 2.37. The molecule has 0 unspecified atom stereocenters. The lowest BCUT2D eigenvalue weighted by Gasteiger charge is -2.23. The van der Waals surface area contributed by atoms with Crippen molar-refractivity contribution in [2.24, 2.45) is 0 Å². The zero-order chi connectivity index (χ0) is 31.2. The van der Waals surface area contributed by atoms with Crippen LogP contribution in [0.2, 0.25) is 0 Å². The molecule has 0 radical (unpaired) electrons. The van der Waals surface area contributed by atoms with E-state index in [1.54, 1.807) is 48.2 Å². The molecule has 9 nitrogen and oxygen atoms in total. The Morgan fingerprint density at radius 2 is 1.68 bits per heavy atom. The van der Waals surface area contributed by atoms with E-state index >= 15 is 0 Å². The summed E-state index contributed by atoms with van der Waals surface area (Å²) in [6, 6.07) is 16.2. The molecule has 0 spiro atoms. The van der Waals surface area contributed by atoms with E-state index in [2.05, 4.69) is 15.3 Å². The maximum Gasteiger partial charge on any atom is 0.260 e. The van der Waals surface area contributed by atoms with E-state index in [0.29, 0.717) is 35.8 Å². The number of nitrogens with zero attached hydrogens (tertiary/aromatic N) is 4. The Kier molecular flexibility index (Phi) is 7.40. The highest BCUT2D eigenvalue weighted by Gasteiger charge is 2.42. The number of methoxy groups -OCH3 is 2. The number of likely N-dealkylation sites (N-methyl/N-ethyl adjacent to an activating group) is 1. The molecule has 2 amide bonds. The van der Waals surface area contributed by atoms with Gasteiger partial charge >= 0.3 is 0 Å². The maximum atomic E-state index is 14.8. The molecule has 1 fully saturated rings. The van der Waals surface area contributed by atoms with E-state index in [1.165, 1.54) is 13.2 Å². The molecular formula is C33H31F2N5O4. The number of hydrogen-bond acceptors (Lipinski definition) is 7. The minimum atomic E-state index is -0.816. The number of benzene rings is 3. The minimum Gasteiger partial charge on any atom is -0.497 e. The molecule has 1 aromatic heterocycles. The van der Waals surface area contributed by atoms with Crippen LogP contribution in [0.4, 0.5) is 20.3 Å². The zero-order valence-electron chi connectivity index (χ0n) is 24.8. The third kappa shape index (κ3) is 4.97. The van der Waals surface area contributed by atoms with E-state index in [4.69, 9.17) is 9.47 Å². The molecule has 3 aromatic carbocycles. The summed E-state index contributed by atoms with van der Waals surface area (Å²) in [5.41, 5.74) is 1.73. The Hall–Kier alpha value is -5.06. The minimum absolute atomic E-state index is 0.0579. The van der Waals surface area contributed by atoms with Crippen molar-refractivity contribution in [2.75, 3.05) is 33.1 Å². The molecule has 2 aliphatic heterocycles. The van der Waals surface area contributed by atoms with Crippen molar-refractivity contribution < 1.29 is 27.8 Å². The van der Waals surface area contributed by atoms with Gasteiger partial charge in [0, 0.05) is 30.9 Å². The lowest BCUT2D eigenvalue weighted by atomic mass is 9.81. The smallest absolute Gasteiger partial charge is 0.260 e. The summed E-state index contributed by atoms with van der Waals surface area (Å²) in [6.07, 6.45) is 0.704. The molecule has 226 valence electrons. The summed E-state index contributed by atoms with van der Waals surface area (Å²) < 4.78 is 40.5. The zero-order valence-corrected chi connectivity index (χ0v) is 24.8. The summed E-state index contributed by atoms with van der Waals surface area (Å²) in [7, 11) is 4.88. The average molecular weight is 600 g/mol. The standard InChI is InChI=1S/C33H31F2N5O4/c1-33(14-15-39(2)32(33)42)20-9-11-21(12-10-20)36-30-28-25(37-29(38-30)27-23(34)6-5-7-24(27)35)18-40(31(28)41)17-19-8-13-22(43-3)16-26(19)44-4/h5-13,16H,14-15,17-18H2,1-4H3,(H,36,37,38)/t33-/m0/s1. The lowest BCUT2D eigenvalue weighted by molar-refractivity contribution is -0.130. The van der Waals surface area contributed by atoms with Gasteiger partial charge in [0.05, 0.1) is 44.0 Å². The van der Waals surface area contributed by atoms with Gasteiger partial charge < -0.3 is 24.6 Å². The van der Waals surface area contributed by atoms with Crippen LogP contribution < -0.4 is 14.8 Å². The summed E-state index contributed by atoms with van der Waals surface area (Å²) in [5.74, 6) is -0.813. The number of rotatable bonds is 8. The average Bonchev–Trinajstić information content (AvgIpc) is 3.48. The summed E-state index contributed by atoms with van der Waals surface area (Å²) in [4.78, 5) is 38.8. The van der Waals surface area contributed by atoms with Crippen LogP contribution >= 0.6 is 0 Å². The maximum absolute atomic E-state index is 14.8. The Labute approximate surface area is 253 Å². The van der Waals surface area contributed by atoms with Gasteiger partial charge in [0.2, 0.25) is 5.91 Å². The van der Waals surface area contributed by atoms with Gasteiger partial charge in [-0.15, -0.1) is 0 Å². The number of halogens is 2. The van der Waals surface area contributed by atoms with Crippen molar-refractivity contribution in [3.63, 3.8) is 0 Å². The molecule has 1 N–H and O–H groups in total. The Balaban J connectivity index is 1.37. The Morgan fingerprint density at radius 1 is 0.955 bits per heavy atom. The third-order valence-corrected chi connectivity index (χ3v) is 8.42. The second-order valence-corrected chi connectivity index (χ2v) is 11.2. The van der Waals surface area contributed by atoms with Crippen molar-refractivity contribution in [1.82, 2.24) is 19.8 Å². The van der Waals surface area contributed by atoms with Gasteiger partial charge in [-0.3, -0.25) is 9.59 Å². The van der Waals surface area contributed by atoms with Gasteiger partial charge in [-0.2, -0.15) is 0 Å². The number of hydrogen-bond donors (Lipinski definition) is 1. The van der Waals surface area contributed by atoms with Crippen LogP contribution in [-0.2, 0) is 23.3 Å². The van der Waals surface area contributed by atoms with Gasteiger partial charge in [-0.1, -0.05) is 18.2 Å². The number of carbonyl (C=O) groups is 2. The van der Waals surface area contributed by atoms with Crippen LogP contribution in [0.5, 0.6) is 11.5 Å². The van der Waals surface area contributed by atoms with E-state index in [1.807, 2.05) is 25.1 Å². The van der Waals surface area contributed by atoms with Crippen molar-refractivity contribution in [3.8, 4) is 22.9 Å². The van der Waals surface area contributed by atoms with E-state index < -0.39 is 17.0 Å².